The Kier molecular flexibility index (Phi) is 2.80. The number of phenolic OH excluding ortho intramolecular Hbond substituents is 1. The fraction of sp³-hybridized carbons (Fsp3) is 0.250. The van der Waals surface area contributed by atoms with Gasteiger partial charge in [-0.3, -0.25) is 4.90 Å². The number of aryl methyl sites for hydroxylation is 1. The summed E-state index contributed by atoms with van der Waals surface area (Å²) in [5.74, 6) is 0.400. The summed E-state index contributed by atoms with van der Waals surface area (Å²) in [7, 11) is 0. The number of fused-ring (bicyclic) bond motifs is 1. The second-order valence-corrected chi connectivity index (χ2v) is 5.05. The zero-order valence-electron chi connectivity index (χ0n) is 10.6. The molecular weight excluding hydrogens is 222 g/mol. The van der Waals surface area contributed by atoms with Gasteiger partial charge in [0.05, 0.1) is 0 Å². The Balaban J connectivity index is 1.78. The van der Waals surface area contributed by atoms with Gasteiger partial charge in [-0.25, -0.2) is 0 Å². The van der Waals surface area contributed by atoms with Gasteiger partial charge in [0, 0.05) is 25.2 Å². The van der Waals surface area contributed by atoms with Gasteiger partial charge in [0.1, 0.15) is 5.75 Å². The minimum absolute atomic E-state index is 0.400. The predicted molar refractivity (Wildman–Crippen MR) is 72.2 cm³/mol. The molecule has 2 aromatic carbocycles. The quantitative estimate of drug-likeness (QED) is 0.869. The topological polar surface area (TPSA) is 23.5 Å². The van der Waals surface area contributed by atoms with E-state index in [0.717, 1.165) is 25.2 Å². The van der Waals surface area contributed by atoms with Crippen molar-refractivity contribution in [3.05, 3.63) is 64.7 Å². The lowest BCUT2D eigenvalue weighted by molar-refractivity contribution is 0.271. The minimum atomic E-state index is 0.400. The van der Waals surface area contributed by atoms with Crippen LogP contribution < -0.4 is 0 Å². The molecule has 0 saturated heterocycles. The summed E-state index contributed by atoms with van der Waals surface area (Å²) in [5.41, 5.74) is 5.02. The molecule has 0 unspecified atom stereocenters. The maximum absolute atomic E-state index is 9.89. The summed E-state index contributed by atoms with van der Waals surface area (Å²) in [6, 6.07) is 14.3. The van der Waals surface area contributed by atoms with Crippen LogP contribution in [0, 0.1) is 6.92 Å². The molecule has 3 rings (SSSR count). The van der Waals surface area contributed by atoms with Gasteiger partial charge < -0.3 is 5.11 Å². The first kappa shape index (κ1) is 11.3. The fourth-order valence-corrected chi connectivity index (χ4v) is 2.60. The first-order valence-corrected chi connectivity index (χ1v) is 6.30. The number of hydrogen-bond acceptors (Lipinski definition) is 2. The molecule has 0 aromatic heterocycles. The number of nitrogens with zero attached hydrogens (tertiary/aromatic N) is 1. The largest absolute Gasteiger partial charge is 0.508 e. The SMILES string of the molecule is Cc1ccc(O)c(CN2Cc3ccccc3C2)c1. The zero-order valence-corrected chi connectivity index (χ0v) is 10.6. The van der Waals surface area contributed by atoms with Gasteiger partial charge in [-0.1, -0.05) is 42.0 Å². The lowest BCUT2D eigenvalue weighted by atomic mass is 10.1. The van der Waals surface area contributed by atoms with E-state index in [-0.39, 0.29) is 0 Å². The van der Waals surface area contributed by atoms with E-state index >= 15 is 0 Å². The van der Waals surface area contributed by atoms with E-state index in [2.05, 4.69) is 42.2 Å². The second-order valence-electron chi connectivity index (χ2n) is 5.05. The van der Waals surface area contributed by atoms with Crippen LogP contribution in [0.4, 0.5) is 0 Å². The van der Waals surface area contributed by atoms with Crippen molar-refractivity contribution in [2.75, 3.05) is 0 Å². The van der Waals surface area contributed by atoms with E-state index in [1.54, 1.807) is 6.07 Å². The summed E-state index contributed by atoms with van der Waals surface area (Å²) >= 11 is 0. The van der Waals surface area contributed by atoms with Crippen molar-refractivity contribution in [3.63, 3.8) is 0 Å². The Bertz CT molecular complexity index is 552. The number of hydrogen-bond donors (Lipinski definition) is 1. The van der Waals surface area contributed by atoms with Crippen molar-refractivity contribution in [1.29, 1.82) is 0 Å². The van der Waals surface area contributed by atoms with E-state index in [4.69, 9.17) is 0 Å². The Morgan fingerprint density at radius 3 is 2.39 bits per heavy atom. The van der Waals surface area contributed by atoms with Crippen LogP contribution >= 0.6 is 0 Å². The van der Waals surface area contributed by atoms with E-state index in [1.807, 2.05) is 6.07 Å². The molecule has 0 fully saturated rings. The third kappa shape index (κ3) is 2.12. The van der Waals surface area contributed by atoms with Crippen LogP contribution in [0.15, 0.2) is 42.5 Å². The molecule has 0 saturated carbocycles. The lowest BCUT2D eigenvalue weighted by Gasteiger charge is -2.16. The molecule has 92 valence electrons. The molecule has 1 aliphatic heterocycles. The number of rotatable bonds is 2. The van der Waals surface area contributed by atoms with Gasteiger partial charge >= 0.3 is 0 Å². The highest BCUT2D eigenvalue weighted by molar-refractivity contribution is 5.36. The van der Waals surface area contributed by atoms with Crippen LogP contribution in [0.3, 0.4) is 0 Å². The highest BCUT2D eigenvalue weighted by Gasteiger charge is 2.19. The predicted octanol–water partition coefficient (Wildman–Crippen LogP) is 3.22. The van der Waals surface area contributed by atoms with Crippen molar-refractivity contribution in [2.24, 2.45) is 0 Å². The Morgan fingerprint density at radius 2 is 1.72 bits per heavy atom. The summed E-state index contributed by atoms with van der Waals surface area (Å²) in [4.78, 5) is 2.36. The van der Waals surface area contributed by atoms with Crippen LogP contribution in [-0.2, 0) is 19.6 Å². The summed E-state index contributed by atoms with van der Waals surface area (Å²) in [6.07, 6.45) is 0. The monoisotopic (exact) mass is 239 g/mol. The summed E-state index contributed by atoms with van der Waals surface area (Å²) in [5, 5.41) is 9.89. The number of aromatic hydroxyl groups is 1. The van der Waals surface area contributed by atoms with Gasteiger partial charge in [0.25, 0.3) is 0 Å². The zero-order chi connectivity index (χ0) is 12.5. The van der Waals surface area contributed by atoms with Crippen molar-refractivity contribution < 1.29 is 5.11 Å². The first-order valence-electron chi connectivity index (χ1n) is 6.30. The van der Waals surface area contributed by atoms with Gasteiger partial charge in [-0.2, -0.15) is 0 Å². The lowest BCUT2D eigenvalue weighted by Crippen LogP contribution is -2.15. The van der Waals surface area contributed by atoms with Gasteiger partial charge in [-0.05, 0) is 24.1 Å². The third-order valence-corrected chi connectivity index (χ3v) is 3.54. The standard InChI is InChI=1S/C16H17NO/c1-12-6-7-16(18)15(8-12)11-17-9-13-4-2-3-5-14(13)10-17/h2-8,18H,9-11H2,1H3. The van der Waals surface area contributed by atoms with Crippen molar-refractivity contribution in [1.82, 2.24) is 4.90 Å². The highest BCUT2D eigenvalue weighted by atomic mass is 16.3. The fourth-order valence-electron chi connectivity index (χ4n) is 2.60. The first-order chi connectivity index (χ1) is 8.72. The Morgan fingerprint density at radius 1 is 1.06 bits per heavy atom. The van der Waals surface area contributed by atoms with Crippen LogP contribution in [0.25, 0.3) is 0 Å². The van der Waals surface area contributed by atoms with Crippen LogP contribution in [-0.4, -0.2) is 10.0 Å². The number of benzene rings is 2. The van der Waals surface area contributed by atoms with Crippen LogP contribution in [0.2, 0.25) is 0 Å². The summed E-state index contributed by atoms with van der Waals surface area (Å²) < 4.78 is 0. The average molecular weight is 239 g/mol. The van der Waals surface area contributed by atoms with E-state index in [9.17, 15) is 5.11 Å². The summed E-state index contributed by atoms with van der Waals surface area (Å²) in [6.45, 7) is 4.82. The molecular formula is C16H17NO. The van der Waals surface area contributed by atoms with Crippen LogP contribution in [0.1, 0.15) is 22.3 Å². The van der Waals surface area contributed by atoms with Crippen molar-refractivity contribution in [3.8, 4) is 5.75 Å². The van der Waals surface area contributed by atoms with Gasteiger partial charge in [0.2, 0.25) is 0 Å². The highest BCUT2D eigenvalue weighted by Crippen LogP contribution is 2.27. The van der Waals surface area contributed by atoms with Gasteiger partial charge in [-0.15, -0.1) is 0 Å². The maximum atomic E-state index is 9.89. The molecule has 2 aromatic rings. The molecule has 1 aliphatic rings. The molecule has 0 spiro atoms. The smallest absolute Gasteiger partial charge is 0.120 e. The molecule has 1 N–H and O–H groups in total. The molecule has 0 amide bonds. The molecule has 0 bridgehead atoms. The molecule has 2 nitrogen and oxygen atoms in total. The molecule has 0 atom stereocenters. The Labute approximate surface area is 107 Å². The minimum Gasteiger partial charge on any atom is -0.508 e. The van der Waals surface area contributed by atoms with E-state index in [1.165, 1.54) is 16.7 Å². The van der Waals surface area contributed by atoms with Crippen LogP contribution in [0.5, 0.6) is 5.75 Å². The Hall–Kier alpha value is -1.80. The van der Waals surface area contributed by atoms with Gasteiger partial charge in [0.15, 0.2) is 0 Å². The second kappa shape index (κ2) is 4.46. The maximum Gasteiger partial charge on any atom is 0.120 e. The molecule has 1 heterocycles. The normalized spacial score (nSPS) is 14.7. The van der Waals surface area contributed by atoms with E-state index < -0.39 is 0 Å². The number of phenols is 1. The average Bonchev–Trinajstić information content (AvgIpc) is 2.76. The molecule has 2 heteroatoms. The van der Waals surface area contributed by atoms with Crippen molar-refractivity contribution >= 4 is 0 Å². The van der Waals surface area contributed by atoms with E-state index in [0.29, 0.717) is 5.75 Å². The molecule has 0 aliphatic carbocycles. The molecule has 18 heavy (non-hydrogen) atoms. The van der Waals surface area contributed by atoms with Crippen molar-refractivity contribution in [2.45, 2.75) is 26.6 Å². The third-order valence-electron chi connectivity index (χ3n) is 3.54. The molecule has 0 radical (unpaired) electrons.